The Bertz CT molecular complexity index is 625. The average molecular weight is 306 g/mol. The summed E-state index contributed by atoms with van der Waals surface area (Å²) in [6, 6.07) is 13.1. The number of nitrogens with zero attached hydrogens (tertiary/aromatic N) is 1. The predicted octanol–water partition coefficient (Wildman–Crippen LogP) is 4.21. The van der Waals surface area contributed by atoms with Crippen molar-refractivity contribution in [1.29, 1.82) is 0 Å². The third kappa shape index (κ3) is 3.56. The van der Waals surface area contributed by atoms with E-state index in [1.54, 1.807) is 18.0 Å². The zero-order valence-electron chi connectivity index (χ0n) is 11.4. The Balaban J connectivity index is 2.16. The molecule has 2 aromatic rings. The van der Waals surface area contributed by atoms with E-state index < -0.39 is 0 Å². The molecule has 2 aromatic carbocycles. The van der Waals surface area contributed by atoms with Crippen LogP contribution in [0.2, 0.25) is 5.02 Å². The van der Waals surface area contributed by atoms with Crippen LogP contribution in [0.1, 0.15) is 21.5 Å². The fraction of sp³-hybridized carbons (Fsp3) is 0.188. The molecule has 20 heavy (non-hydrogen) atoms. The van der Waals surface area contributed by atoms with Gasteiger partial charge in [-0.3, -0.25) is 4.79 Å². The van der Waals surface area contributed by atoms with Crippen molar-refractivity contribution in [3.63, 3.8) is 0 Å². The maximum absolute atomic E-state index is 12.5. The molecule has 0 spiro atoms. The molecule has 104 valence electrons. The molecule has 0 unspecified atom stereocenters. The van der Waals surface area contributed by atoms with E-state index in [0.29, 0.717) is 17.1 Å². The van der Waals surface area contributed by atoms with Crippen molar-refractivity contribution < 1.29 is 4.79 Å². The van der Waals surface area contributed by atoms with E-state index in [2.05, 4.69) is 12.6 Å². The first-order valence-corrected chi connectivity index (χ1v) is 7.09. The number of carbonyl (C=O) groups is 1. The summed E-state index contributed by atoms with van der Waals surface area (Å²) >= 11 is 10.1. The number of amides is 1. The number of aryl methyl sites for hydroxylation is 1. The molecule has 1 amide bonds. The van der Waals surface area contributed by atoms with Crippen molar-refractivity contribution >= 4 is 30.1 Å². The van der Waals surface area contributed by atoms with Gasteiger partial charge in [0.15, 0.2) is 0 Å². The Hall–Kier alpha value is -1.45. The van der Waals surface area contributed by atoms with Crippen molar-refractivity contribution in [3.05, 3.63) is 64.2 Å². The first-order chi connectivity index (χ1) is 9.47. The molecule has 0 atom stereocenters. The molecule has 2 nitrogen and oxygen atoms in total. The van der Waals surface area contributed by atoms with E-state index >= 15 is 0 Å². The summed E-state index contributed by atoms with van der Waals surface area (Å²) in [6.07, 6.45) is 0. The van der Waals surface area contributed by atoms with E-state index in [4.69, 9.17) is 11.6 Å². The van der Waals surface area contributed by atoms with Crippen LogP contribution in [0, 0.1) is 6.92 Å². The lowest BCUT2D eigenvalue weighted by molar-refractivity contribution is 0.0784. The molecular weight excluding hydrogens is 290 g/mol. The lowest BCUT2D eigenvalue weighted by Crippen LogP contribution is -2.26. The molecule has 0 saturated heterocycles. The van der Waals surface area contributed by atoms with Gasteiger partial charge in [-0.15, -0.1) is 12.6 Å². The fourth-order valence-corrected chi connectivity index (χ4v) is 2.31. The molecule has 0 aliphatic carbocycles. The van der Waals surface area contributed by atoms with Crippen LogP contribution in [0.25, 0.3) is 0 Å². The van der Waals surface area contributed by atoms with Gasteiger partial charge in [-0.1, -0.05) is 29.8 Å². The summed E-state index contributed by atoms with van der Waals surface area (Å²) in [6.45, 7) is 2.48. The maximum Gasteiger partial charge on any atom is 0.254 e. The fourth-order valence-electron chi connectivity index (χ4n) is 1.98. The molecule has 4 heteroatoms. The highest BCUT2D eigenvalue weighted by atomic mass is 35.5. The molecule has 0 fully saturated rings. The highest BCUT2D eigenvalue weighted by Crippen LogP contribution is 2.17. The third-order valence-corrected chi connectivity index (χ3v) is 3.66. The van der Waals surface area contributed by atoms with Gasteiger partial charge in [0.1, 0.15) is 0 Å². The van der Waals surface area contributed by atoms with Gasteiger partial charge in [0, 0.05) is 29.1 Å². The van der Waals surface area contributed by atoms with Gasteiger partial charge in [-0.25, -0.2) is 0 Å². The van der Waals surface area contributed by atoms with Crippen molar-refractivity contribution in [2.45, 2.75) is 18.4 Å². The average Bonchev–Trinajstić information content (AvgIpc) is 2.43. The van der Waals surface area contributed by atoms with Crippen LogP contribution in [0.3, 0.4) is 0 Å². The standard InChI is InChI=1S/C16H16ClNOS/c1-11-3-8-14(20)9-15(11)16(19)18(2)10-12-4-6-13(17)7-5-12/h3-9,20H,10H2,1-2H3. The van der Waals surface area contributed by atoms with Gasteiger partial charge < -0.3 is 4.90 Å². The summed E-state index contributed by atoms with van der Waals surface area (Å²) < 4.78 is 0. The summed E-state index contributed by atoms with van der Waals surface area (Å²) in [4.78, 5) is 14.9. The number of halogens is 1. The monoisotopic (exact) mass is 305 g/mol. The predicted molar refractivity (Wildman–Crippen MR) is 85.7 cm³/mol. The number of thiol groups is 1. The van der Waals surface area contributed by atoms with Crippen molar-refractivity contribution in [1.82, 2.24) is 4.90 Å². The largest absolute Gasteiger partial charge is 0.337 e. The molecule has 0 radical (unpaired) electrons. The minimum absolute atomic E-state index is 0.00616. The molecular formula is C16H16ClNOS. The van der Waals surface area contributed by atoms with Crippen LogP contribution in [-0.2, 0) is 6.54 Å². The van der Waals surface area contributed by atoms with Gasteiger partial charge >= 0.3 is 0 Å². The Labute approximate surface area is 129 Å². The SMILES string of the molecule is Cc1ccc(S)cc1C(=O)N(C)Cc1ccc(Cl)cc1. The molecule has 0 aliphatic heterocycles. The minimum atomic E-state index is -0.00616. The van der Waals surface area contributed by atoms with E-state index in [-0.39, 0.29) is 5.91 Å². The van der Waals surface area contributed by atoms with Crippen LogP contribution in [0.4, 0.5) is 0 Å². The van der Waals surface area contributed by atoms with Crippen LogP contribution in [-0.4, -0.2) is 17.9 Å². The second-order valence-corrected chi connectivity index (χ2v) is 5.74. The van der Waals surface area contributed by atoms with Crippen LogP contribution in [0.15, 0.2) is 47.4 Å². The summed E-state index contributed by atoms with van der Waals surface area (Å²) in [5.74, 6) is -0.00616. The van der Waals surface area contributed by atoms with E-state index in [9.17, 15) is 4.79 Å². The Morgan fingerprint density at radius 2 is 1.85 bits per heavy atom. The highest BCUT2D eigenvalue weighted by molar-refractivity contribution is 7.80. The number of rotatable bonds is 3. The van der Waals surface area contributed by atoms with Gasteiger partial charge in [0.2, 0.25) is 0 Å². The number of carbonyl (C=O) groups excluding carboxylic acids is 1. The smallest absolute Gasteiger partial charge is 0.254 e. The second kappa shape index (κ2) is 6.33. The quantitative estimate of drug-likeness (QED) is 0.842. The summed E-state index contributed by atoms with van der Waals surface area (Å²) in [7, 11) is 1.79. The number of hydrogen-bond acceptors (Lipinski definition) is 2. The molecule has 0 saturated carbocycles. The molecule has 0 heterocycles. The van der Waals surface area contributed by atoms with E-state index in [1.165, 1.54) is 0 Å². The normalized spacial score (nSPS) is 10.4. The molecule has 2 rings (SSSR count). The Morgan fingerprint density at radius 1 is 1.20 bits per heavy atom. The Kier molecular flexibility index (Phi) is 4.73. The molecule has 0 N–H and O–H groups in total. The Morgan fingerprint density at radius 3 is 2.50 bits per heavy atom. The van der Waals surface area contributed by atoms with E-state index in [1.807, 2.05) is 43.3 Å². The van der Waals surface area contributed by atoms with Gasteiger partial charge in [0.25, 0.3) is 5.91 Å². The lowest BCUT2D eigenvalue weighted by Gasteiger charge is -2.19. The van der Waals surface area contributed by atoms with E-state index in [0.717, 1.165) is 16.0 Å². The van der Waals surface area contributed by atoms with Crippen molar-refractivity contribution in [2.75, 3.05) is 7.05 Å². The van der Waals surface area contributed by atoms with Crippen molar-refractivity contribution in [2.24, 2.45) is 0 Å². The number of benzene rings is 2. The first kappa shape index (κ1) is 14.9. The lowest BCUT2D eigenvalue weighted by atomic mass is 10.1. The third-order valence-electron chi connectivity index (χ3n) is 3.13. The van der Waals surface area contributed by atoms with Crippen LogP contribution < -0.4 is 0 Å². The topological polar surface area (TPSA) is 20.3 Å². The van der Waals surface area contributed by atoms with Gasteiger partial charge in [-0.05, 0) is 42.3 Å². The maximum atomic E-state index is 12.5. The highest BCUT2D eigenvalue weighted by Gasteiger charge is 2.14. The second-order valence-electron chi connectivity index (χ2n) is 4.79. The van der Waals surface area contributed by atoms with Gasteiger partial charge in [-0.2, -0.15) is 0 Å². The summed E-state index contributed by atoms with van der Waals surface area (Å²) in [5.41, 5.74) is 2.69. The molecule has 0 aromatic heterocycles. The zero-order chi connectivity index (χ0) is 14.7. The van der Waals surface area contributed by atoms with Crippen LogP contribution in [0.5, 0.6) is 0 Å². The first-order valence-electron chi connectivity index (χ1n) is 6.27. The van der Waals surface area contributed by atoms with Crippen LogP contribution >= 0.6 is 24.2 Å². The molecule has 0 aliphatic rings. The number of hydrogen-bond donors (Lipinski definition) is 1. The van der Waals surface area contributed by atoms with Crippen molar-refractivity contribution in [3.8, 4) is 0 Å². The molecule has 0 bridgehead atoms. The van der Waals surface area contributed by atoms with Gasteiger partial charge in [0.05, 0.1) is 0 Å². The summed E-state index contributed by atoms with van der Waals surface area (Å²) in [5, 5.41) is 0.696. The minimum Gasteiger partial charge on any atom is -0.337 e. The zero-order valence-corrected chi connectivity index (χ0v) is 13.1.